The van der Waals surface area contributed by atoms with Gasteiger partial charge in [0.2, 0.25) is 0 Å². The molecule has 6 rings (SSSR count). The van der Waals surface area contributed by atoms with Crippen molar-refractivity contribution in [1.82, 2.24) is 0 Å². The Balaban J connectivity index is 1.46. The van der Waals surface area contributed by atoms with Crippen LogP contribution in [-0.2, 0) is 19.1 Å². The van der Waals surface area contributed by atoms with Gasteiger partial charge in [0, 0.05) is 16.7 Å². The highest BCUT2D eigenvalue weighted by Crippen LogP contribution is 2.72. The molecule has 10 atom stereocenters. The van der Waals surface area contributed by atoms with Crippen LogP contribution >= 0.6 is 11.3 Å². The van der Waals surface area contributed by atoms with Gasteiger partial charge < -0.3 is 19.7 Å². The quantitative estimate of drug-likeness (QED) is 0.650. The molecule has 4 fully saturated rings. The molecule has 2 heterocycles. The number of aliphatic hydroxyl groups excluding tert-OH is 1. The number of thiophene rings is 1. The number of aliphatic hydroxyl groups is 1. The van der Waals surface area contributed by atoms with Crippen LogP contribution in [0, 0.1) is 22.7 Å². The number of aliphatic carboxylic acids is 1. The van der Waals surface area contributed by atoms with Crippen molar-refractivity contribution in [3.63, 3.8) is 0 Å². The molecule has 1 aliphatic heterocycles. The SMILES string of the molecule is C[C@]12C=CC(=O)C=C1[C@@H](F)C[C@H]1[C@@H]3C[C@H]4OC(c5cccs5)O[C@@]4(C(=O)O)[C@@]3(C)C[C@H](O)[C@@]12F. The molecule has 1 unspecified atom stereocenters. The minimum atomic E-state index is -2.27. The number of hydrogen-bond acceptors (Lipinski definition) is 6. The first-order valence-corrected chi connectivity index (χ1v) is 12.4. The van der Waals surface area contributed by atoms with Crippen LogP contribution in [0.1, 0.15) is 44.3 Å². The first-order chi connectivity index (χ1) is 16.0. The zero-order valence-corrected chi connectivity index (χ0v) is 19.6. The lowest BCUT2D eigenvalue weighted by Crippen LogP contribution is -2.70. The molecule has 3 saturated carbocycles. The van der Waals surface area contributed by atoms with E-state index >= 15 is 8.78 Å². The number of carboxylic acid groups (broad SMARTS) is 1. The summed E-state index contributed by atoms with van der Waals surface area (Å²) >= 11 is 1.38. The number of ketones is 1. The molecule has 1 aromatic rings. The van der Waals surface area contributed by atoms with Gasteiger partial charge in [-0.15, -0.1) is 11.3 Å². The fraction of sp³-hybridized carbons (Fsp3) is 0.600. The third-order valence-corrected chi connectivity index (χ3v) is 10.4. The van der Waals surface area contributed by atoms with Crippen molar-refractivity contribution < 1.29 is 38.1 Å². The standard InChI is InChI=1S/C25H26F2O6S/c1-22-6-5-12(28)8-15(22)16(26)9-14-13-10-19-25(21(30)31,23(13,2)11-18(29)24(14,22)27)33-20(32-19)17-4-3-7-34-17/h3-8,13-14,16,18-20,29H,9-11H2,1-2H3,(H,30,31)/t13-,14-,16-,18-,19+,20?,22-,23-,24-,25-/m0/s1. The van der Waals surface area contributed by atoms with Gasteiger partial charge in [-0.1, -0.05) is 19.1 Å². The van der Waals surface area contributed by atoms with Crippen LogP contribution in [-0.4, -0.2) is 51.6 Å². The third kappa shape index (κ3) is 2.39. The van der Waals surface area contributed by atoms with E-state index in [1.165, 1.54) is 30.4 Å². The number of halogens is 2. The number of carboxylic acids is 1. The number of carbonyl (C=O) groups excluding carboxylic acids is 1. The van der Waals surface area contributed by atoms with Gasteiger partial charge >= 0.3 is 5.97 Å². The van der Waals surface area contributed by atoms with Gasteiger partial charge in [0.05, 0.1) is 11.0 Å². The maximum atomic E-state index is 17.2. The Labute approximate surface area is 199 Å². The molecule has 9 heteroatoms. The second kappa shape index (κ2) is 6.84. The maximum absolute atomic E-state index is 17.2. The number of allylic oxidation sites excluding steroid dienone is 4. The molecule has 4 aliphatic carbocycles. The Bertz CT molecular complexity index is 1130. The monoisotopic (exact) mass is 492 g/mol. The van der Waals surface area contributed by atoms with E-state index < -0.39 is 70.4 Å². The number of fused-ring (bicyclic) bond motifs is 7. The smallest absolute Gasteiger partial charge is 0.339 e. The van der Waals surface area contributed by atoms with Crippen LogP contribution < -0.4 is 0 Å². The summed E-state index contributed by atoms with van der Waals surface area (Å²) in [6.45, 7) is 3.23. The predicted octanol–water partition coefficient (Wildman–Crippen LogP) is 3.91. The van der Waals surface area contributed by atoms with Gasteiger partial charge in [0.1, 0.15) is 12.3 Å². The lowest BCUT2D eigenvalue weighted by molar-refractivity contribution is -0.239. The Hall–Kier alpha value is -1.94. The number of ether oxygens (including phenoxy) is 2. The molecule has 1 aromatic heterocycles. The summed E-state index contributed by atoms with van der Waals surface area (Å²) in [5.41, 5.74) is -6.73. The molecule has 0 amide bonds. The molecule has 0 spiro atoms. The highest BCUT2D eigenvalue weighted by atomic mass is 32.1. The van der Waals surface area contributed by atoms with Gasteiger partial charge in [-0.05, 0) is 61.3 Å². The van der Waals surface area contributed by atoms with Crippen LogP contribution in [0.3, 0.4) is 0 Å². The van der Waals surface area contributed by atoms with Gasteiger partial charge in [-0.3, -0.25) is 4.79 Å². The average Bonchev–Trinajstić information content (AvgIpc) is 3.47. The van der Waals surface area contributed by atoms with Crippen molar-refractivity contribution in [3.05, 3.63) is 46.2 Å². The number of carbonyl (C=O) groups is 2. The van der Waals surface area contributed by atoms with Crippen LogP contribution in [0.2, 0.25) is 0 Å². The summed E-state index contributed by atoms with van der Waals surface area (Å²) in [7, 11) is 0. The van der Waals surface area contributed by atoms with Gasteiger partial charge in [-0.25, -0.2) is 13.6 Å². The van der Waals surface area contributed by atoms with E-state index in [1.54, 1.807) is 13.0 Å². The summed E-state index contributed by atoms with van der Waals surface area (Å²) in [5.74, 6) is -3.21. The fourth-order valence-corrected chi connectivity index (χ4v) is 8.56. The molecule has 1 saturated heterocycles. The summed E-state index contributed by atoms with van der Waals surface area (Å²) in [4.78, 5) is 25.5. The first-order valence-electron chi connectivity index (χ1n) is 11.6. The van der Waals surface area contributed by atoms with Crippen LogP contribution in [0.5, 0.6) is 0 Å². The lowest BCUT2D eigenvalue weighted by atomic mass is 9.44. The van der Waals surface area contributed by atoms with Crippen molar-refractivity contribution in [3.8, 4) is 0 Å². The zero-order chi connectivity index (χ0) is 24.3. The minimum Gasteiger partial charge on any atom is -0.479 e. The van der Waals surface area contributed by atoms with Gasteiger partial charge in [-0.2, -0.15) is 0 Å². The van der Waals surface area contributed by atoms with Crippen molar-refractivity contribution >= 4 is 23.1 Å². The van der Waals surface area contributed by atoms with Crippen molar-refractivity contribution in [2.75, 3.05) is 0 Å². The summed E-state index contributed by atoms with van der Waals surface area (Å²) in [6.07, 6.45) is -1.41. The molecule has 0 aromatic carbocycles. The Morgan fingerprint density at radius 2 is 2.03 bits per heavy atom. The average molecular weight is 493 g/mol. The second-order valence-electron chi connectivity index (χ2n) is 10.7. The van der Waals surface area contributed by atoms with Gasteiger partial charge in [0.25, 0.3) is 0 Å². The maximum Gasteiger partial charge on any atom is 0.339 e. The Morgan fingerprint density at radius 3 is 2.71 bits per heavy atom. The van der Waals surface area contributed by atoms with E-state index in [-0.39, 0.29) is 24.8 Å². The molecule has 182 valence electrons. The van der Waals surface area contributed by atoms with Crippen molar-refractivity contribution in [2.45, 2.75) is 69.0 Å². The fourth-order valence-electron chi connectivity index (χ4n) is 7.87. The highest BCUT2D eigenvalue weighted by molar-refractivity contribution is 7.10. The molecule has 34 heavy (non-hydrogen) atoms. The van der Waals surface area contributed by atoms with E-state index in [9.17, 15) is 19.8 Å². The second-order valence-corrected chi connectivity index (χ2v) is 11.7. The van der Waals surface area contributed by atoms with Crippen LogP contribution in [0.25, 0.3) is 0 Å². The van der Waals surface area contributed by atoms with Crippen molar-refractivity contribution in [1.29, 1.82) is 0 Å². The lowest BCUT2D eigenvalue weighted by Gasteiger charge is -2.62. The minimum absolute atomic E-state index is 0.0396. The van der Waals surface area contributed by atoms with E-state index in [2.05, 4.69) is 0 Å². The summed E-state index contributed by atoms with van der Waals surface area (Å²) in [5, 5.41) is 23.7. The van der Waals surface area contributed by atoms with E-state index in [0.29, 0.717) is 0 Å². The molecule has 0 bridgehead atoms. The molecule has 6 nitrogen and oxygen atoms in total. The Morgan fingerprint density at radius 1 is 1.26 bits per heavy atom. The number of alkyl halides is 2. The van der Waals surface area contributed by atoms with Crippen LogP contribution in [0.15, 0.2) is 41.3 Å². The normalized spacial score (nSPS) is 51.3. The predicted molar refractivity (Wildman–Crippen MR) is 117 cm³/mol. The Kier molecular flexibility index (Phi) is 4.53. The van der Waals surface area contributed by atoms with E-state index in [1.807, 2.05) is 11.4 Å². The number of rotatable bonds is 2. The summed E-state index contributed by atoms with van der Waals surface area (Å²) < 4.78 is 45.0. The third-order valence-electron chi connectivity index (χ3n) is 9.46. The topological polar surface area (TPSA) is 93.1 Å². The molecule has 0 radical (unpaired) electrons. The van der Waals surface area contributed by atoms with Crippen molar-refractivity contribution in [2.24, 2.45) is 22.7 Å². The first kappa shape index (κ1) is 22.5. The molecular formula is C25H26F2O6S. The van der Waals surface area contributed by atoms with E-state index in [0.717, 1.165) is 11.0 Å². The number of hydrogen-bond donors (Lipinski definition) is 2. The molecule has 5 aliphatic rings. The van der Waals surface area contributed by atoms with Gasteiger partial charge in [0.15, 0.2) is 23.3 Å². The largest absolute Gasteiger partial charge is 0.479 e. The molecular weight excluding hydrogens is 466 g/mol. The van der Waals surface area contributed by atoms with Crippen LogP contribution in [0.4, 0.5) is 8.78 Å². The highest BCUT2D eigenvalue weighted by Gasteiger charge is 2.80. The van der Waals surface area contributed by atoms with E-state index in [4.69, 9.17) is 9.47 Å². The summed E-state index contributed by atoms with van der Waals surface area (Å²) in [6, 6.07) is 3.62. The molecule has 2 N–H and O–H groups in total. The zero-order valence-electron chi connectivity index (χ0n) is 18.7.